The number of fused-ring (bicyclic) bond motifs is 1. The maximum absolute atomic E-state index is 12.0. The fourth-order valence-corrected chi connectivity index (χ4v) is 1.95. The van der Waals surface area contributed by atoms with Gasteiger partial charge in [0.2, 0.25) is 5.89 Å². The zero-order valence-electron chi connectivity index (χ0n) is 11.3. The van der Waals surface area contributed by atoms with Gasteiger partial charge in [0.1, 0.15) is 11.3 Å². The number of amides is 1. The molecule has 0 spiro atoms. The zero-order chi connectivity index (χ0) is 14.1. The molecule has 5 nitrogen and oxygen atoms in total. The Balaban J connectivity index is 1.72. The molecule has 3 aromatic rings. The van der Waals surface area contributed by atoms with E-state index in [1.54, 1.807) is 6.07 Å². The summed E-state index contributed by atoms with van der Waals surface area (Å²) >= 11 is 0. The number of rotatable bonds is 3. The summed E-state index contributed by atoms with van der Waals surface area (Å²) in [5.74, 6) is 1.25. The number of furan rings is 1. The number of nitrogens with zero attached hydrogens (tertiary/aromatic N) is 1. The molecule has 0 saturated carbocycles. The lowest BCUT2D eigenvalue weighted by Gasteiger charge is -1.98. The average molecular weight is 270 g/mol. The van der Waals surface area contributed by atoms with Gasteiger partial charge in [-0.1, -0.05) is 18.2 Å². The van der Waals surface area contributed by atoms with Gasteiger partial charge in [0.05, 0.1) is 12.2 Å². The Morgan fingerprint density at radius 1 is 1.25 bits per heavy atom. The third-order valence-corrected chi connectivity index (χ3v) is 3.12. The normalized spacial score (nSPS) is 10.9. The molecule has 102 valence electrons. The first-order chi connectivity index (χ1) is 9.63. The second-order valence-electron chi connectivity index (χ2n) is 4.58. The molecule has 5 heteroatoms. The number of hydrogen-bond donors (Lipinski definition) is 1. The van der Waals surface area contributed by atoms with Gasteiger partial charge in [-0.15, -0.1) is 0 Å². The highest BCUT2D eigenvalue weighted by atomic mass is 16.4. The van der Waals surface area contributed by atoms with Crippen LogP contribution in [0.3, 0.4) is 0 Å². The molecule has 1 N–H and O–H groups in total. The van der Waals surface area contributed by atoms with E-state index in [4.69, 9.17) is 8.83 Å². The van der Waals surface area contributed by atoms with Crippen LogP contribution in [0, 0.1) is 13.8 Å². The highest BCUT2D eigenvalue weighted by molar-refractivity contribution is 5.95. The second-order valence-corrected chi connectivity index (χ2v) is 4.58. The Kier molecular flexibility index (Phi) is 3.02. The highest BCUT2D eigenvalue weighted by Gasteiger charge is 2.13. The molecule has 20 heavy (non-hydrogen) atoms. The van der Waals surface area contributed by atoms with Gasteiger partial charge in [0, 0.05) is 5.39 Å². The minimum absolute atomic E-state index is 0.241. The SMILES string of the molecule is Cc1nc(CNC(=O)c2cc3ccccc3o2)oc1C. The highest BCUT2D eigenvalue weighted by Crippen LogP contribution is 2.18. The fourth-order valence-electron chi connectivity index (χ4n) is 1.95. The molecule has 2 heterocycles. The lowest BCUT2D eigenvalue weighted by Crippen LogP contribution is -2.22. The summed E-state index contributed by atoms with van der Waals surface area (Å²) in [4.78, 5) is 16.2. The topological polar surface area (TPSA) is 68.3 Å². The zero-order valence-corrected chi connectivity index (χ0v) is 11.3. The number of oxazole rings is 1. The van der Waals surface area contributed by atoms with Crippen LogP contribution in [-0.2, 0) is 6.54 Å². The Bertz CT molecular complexity index is 718. The van der Waals surface area contributed by atoms with Crippen molar-refractivity contribution in [2.24, 2.45) is 0 Å². The maximum Gasteiger partial charge on any atom is 0.287 e. The summed E-state index contributed by atoms with van der Waals surface area (Å²) in [6.45, 7) is 3.95. The Hall–Kier alpha value is -2.56. The van der Waals surface area contributed by atoms with E-state index in [0.717, 1.165) is 16.8 Å². The van der Waals surface area contributed by atoms with Crippen LogP contribution in [0.1, 0.15) is 27.9 Å². The number of para-hydroxylation sites is 1. The molecule has 0 saturated heterocycles. The smallest absolute Gasteiger partial charge is 0.287 e. The summed E-state index contributed by atoms with van der Waals surface area (Å²) in [6, 6.07) is 9.21. The van der Waals surface area contributed by atoms with Crippen LogP contribution in [-0.4, -0.2) is 10.9 Å². The van der Waals surface area contributed by atoms with E-state index < -0.39 is 0 Å². The van der Waals surface area contributed by atoms with E-state index in [2.05, 4.69) is 10.3 Å². The minimum atomic E-state index is -0.283. The largest absolute Gasteiger partial charge is 0.451 e. The van der Waals surface area contributed by atoms with Crippen molar-refractivity contribution in [1.29, 1.82) is 0 Å². The van der Waals surface area contributed by atoms with Crippen LogP contribution >= 0.6 is 0 Å². The van der Waals surface area contributed by atoms with Gasteiger partial charge in [-0.2, -0.15) is 0 Å². The van der Waals surface area contributed by atoms with E-state index in [9.17, 15) is 4.79 Å². The van der Waals surface area contributed by atoms with Gasteiger partial charge < -0.3 is 14.2 Å². The Labute approximate surface area is 115 Å². The lowest BCUT2D eigenvalue weighted by atomic mass is 10.2. The van der Waals surface area contributed by atoms with Gasteiger partial charge in [0.15, 0.2) is 5.76 Å². The van der Waals surface area contributed by atoms with Gasteiger partial charge in [0.25, 0.3) is 5.91 Å². The molecule has 0 unspecified atom stereocenters. The van der Waals surface area contributed by atoms with Crippen LogP contribution in [0.5, 0.6) is 0 Å². The van der Waals surface area contributed by atoms with E-state index in [0.29, 0.717) is 11.5 Å². The molecule has 0 bridgehead atoms. The molecule has 0 radical (unpaired) electrons. The quantitative estimate of drug-likeness (QED) is 0.794. The number of hydrogen-bond acceptors (Lipinski definition) is 4. The van der Waals surface area contributed by atoms with E-state index >= 15 is 0 Å². The molecule has 3 rings (SSSR count). The number of nitrogens with one attached hydrogen (secondary N) is 1. The first kappa shape index (κ1) is 12.5. The van der Waals surface area contributed by atoms with Crippen molar-refractivity contribution in [2.75, 3.05) is 0 Å². The number of benzene rings is 1. The Morgan fingerprint density at radius 2 is 2.05 bits per heavy atom. The van der Waals surface area contributed by atoms with Crippen molar-refractivity contribution < 1.29 is 13.6 Å². The number of carbonyl (C=O) groups excluding carboxylic acids is 1. The molecule has 0 fully saturated rings. The first-order valence-electron chi connectivity index (χ1n) is 6.33. The monoisotopic (exact) mass is 270 g/mol. The van der Waals surface area contributed by atoms with E-state index in [-0.39, 0.29) is 18.2 Å². The van der Waals surface area contributed by atoms with Crippen LogP contribution in [0.4, 0.5) is 0 Å². The van der Waals surface area contributed by atoms with Gasteiger partial charge in [-0.3, -0.25) is 4.79 Å². The van der Waals surface area contributed by atoms with Gasteiger partial charge >= 0.3 is 0 Å². The van der Waals surface area contributed by atoms with Crippen LogP contribution < -0.4 is 5.32 Å². The third-order valence-electron chi connectivity index (χ3n) is 3.12. The maximum atomic E-state index is 12.0. The number of carbonyl (C=O) groups is 1. The summed E-state index contributed by atoms with van der Waals surface area (Å²) in [6.07, 6.45) is 0. The van der Waals surface area contributed by atoms with Crippen molar-refractivity contribution >= 4 is 16.9 Å². The van der Waals surface area contributed by atoms with Crippen LogP contribution in [0.25, 0.3) is 11.0 Å². The predicted molar refractivity (Wildman–Crippen MR) is 73.4 cm³/mol. The van der Waals surface area contributed by atoms with Crippen molar-refractivity contribution in [3.8, 4) is 0 Å². The second kappa shape index (κ2) is 4.85. The summed E-state index contributed by atoms with van der Waals surface area (Å²) < 4.78 is 10.9. The summed E-state index contributed by atoms with van der Waals surface area (Å²) in [5.41, 5.74) is 1.53. The predicted octanol–water partition coefficient (Wildman–Crippen LogP) is 2.97. The van der Waals surface area contributed by atoms with Crippen molar-refractivity contribution in [1.82, 2.24) is 10.3 Å². The molecular formula is C15H14N2O3. The number of aryl methyl sites for hydroxylation is 2. The molecule has 1 aromatic carbocycles. The standard InChI is InChI=1S/C15H14N2O3/c1-9-10(2)19-14(17-9)8-16-15(18)13-7-11-5-3-4-6-12(11)20-13/h3-7H,8H2,1-2H3,(H,16,18). The van der Waals surface area contributed by atoms with E-state index in [1.807, 2.05) is 38.1 Å². The van der Waals surface area contributed by atoms with Crippen LogP contribution in [0.2, 0.25) is 0 Å². The molecule has 0 aliphatic rings. The van der Waals surface area contributed by atoms with Crippen molar-refractivity contribution in [3.05, 3.63) is 53.4 Å². The molecule has 0 aliphatic heterocycles. The number of aromatic nitrogens is 1. The van der Waals surface area contributed by atoms with Gasteiger partial charge in [-0.25, -0.2) is 4.98 Å². The summed E-state index contributed by atoms with van der Waals surface area (Å²) in [5, 5.41) is 3.63. The van der Waals surface area contributed by atoms with Crippen molar-refractivity contribution in [2.45, 2.75) is 20.4 Å². The molecule has 2 aromatic heterocycles. The minimum Gasteiger partial charge on any atom is -0.451 e. The van der Waals surface area contributed by atoms with E-state index in [1.165, 1.54) is 0 Å². The molecular weight excluding hydrogens is 256 g/mol. The van der Waals surface area contributed by atoms with Crippen LogP contribution in [0.15, 0.2) is 39.2 Å². The molecule has 1 amide bonds. The lowest BCUT2D eigenvalue weighted by molar-refractivity contribution is 0.0921. The molecule has 0 aliphatic carbocycles. The fraction of sp³-hybridized carbons (Fsp3) is 0.200. The molecule has 0 atom stereocenters. The third kappa shape index (κ3) is 2.30. The average Bonchev–Trinajstić information content (AvgIpc) is 3.00. The van der Waals surface area contributed by atoms with Crippen molar-refractivity contribution in [3.63, 3.8) is 0 Å². The first-order valence-corrected chi connectivity index (χ1v) is 6.33. The summed E-state index contributed by atoms with van der Waals surface area (Å²) in [7, 11) is 0. The Morgan fingerprint density at radius 3 is 2.75 bits per heavy atom. The van der Waals surface area contributed by atoms with Gasteiger partial charge in [-0.05, 0) is 26.0 Å².